The number of carbonyl (C=O) groups excluding carboxylic acids is 1. The highest BCUT2D eigenvalue weighted by Crippen LogP contribution is 2.19. The number of benzene rings is 2. The molecule has 1 N–H and O–H groups in total. The molecule has 0 aliphatic rings. The third-order valence-corrected chi connectivity index (χ3v) is 4.66. The zero-order chi connectivity index (χ0) is 17.9. The molecule has 0 saturated heterocycles. The van der Waals surface area contributed by atoms with Gasteiger partial charge in [-0.3, -0.25) is 9.10 Å². The Hall–Kier alpha value is -2.34. The Bertz CT molecular complexity index is 823. The van der Waals surface area contributed by atoms with Gasteiger partial charge in [0, 0.05) is 5.69 Å². The molecule has 0 aliphatic heterocycles. The van der Waals surface area contributed by atoms with Gasteiger partial charge in [0.2, 0.25) is 15.9 Å². The number of nitrogens with one attached hydrogen (secondary N) is 1. The van der Waals surface area contributed by atoms with Crippen molar-refractivity contribution in [2.75, 3.05) is 22.4 Å². The lowest BCUT2D eigenvalue weighted by Crippen LogP contribution is -2.37. The van der Waals surface area contributed by atoms with Crippen molar-refractivity contribution in [3.8, 4) is 0 Å². The zero-order valence-electron chi connectivity index (χ0n) is 14.3. The van der Waals surface area contributed by atoms with Crippen molar-refractivity contribution >= 4 is 27.3 Å². The number of anilines is 2. The lowest BCUT2D eigenvalue weighted by molar-refractivity contribution is -0.114. The Morgan fingerprint density at radius 3 is 2.00 bits per heavy atom. The third kappa shape index (κ3) is 4.83. The van der Waals surface area contributed by atoms with Crippen LogP contribution in [0.2, 0.25) is 0 Å². The Balaban J connectivity index is 2.20. The van der Waals surface area contributed by atoms with Crippen LogP contribution < -0.4 is 9.62 Å². The fraction of sp³-hybridized carbons (Fsp3) is 0.278. The minimum Gasteiger partial charge on any atom is -0.324 e. The molecule has 0 aliphatic carbocycles. The van der Waals surface area contributed by atoms with Crippen LogP contribution in [0.25, 0.3) is 0 Å². The molecule has 2 rings (SSSR count). The van der Waals surface area contributed by atoms with Crippen LogP contribution in [0, 0.1) is 20.8 Å². The standard InChI is InChI=1S/C18H22N2O3S/c1-13-5-7-17(8-6-13)20(24(4,22)23)12-18(21)19-16-10-14(2)9-15(3)11-16/h5-11H,12H2,1-4H3,(H,19,21). The zero-order valence-corrected chi connectivity index (χ0v) is 15.1. The molecule has 6 heteroatoms. The molecule has 0 heterocycles. The number of sulfonamides is 1. The second-order valence-electron chi connectivity index (χ2n) is 6.03. The highest BCUT2D eigenvalue weighted by molar-refractivity contribution is 7.92. The summed E-state index contributed by atoms with van der Waals surface area (Å²) < 4.78 is 25.2. The lowest BCUT2D eigenvalue weighted by atomic mass is 10.1. The van der Waals surface area contributed by atoms with E-state index in [2.05, 4.69) is 5.32 Å². The molecule has 0 fully saturated rings. The van der Waals surface area contributed by atoms with Crippen LogP contribution in [-0.2, 0) is 14.8 Å². The topological polar surface area (TPSA) is 66.5 Å². The number of hydrogen-bond acceptors (Lipinski definition) is 3. The third-order valence-electron chi connectivity index (χ3n) is 3.51. The predicted molar refractivity (Wildman–Crippen MR) is 97.9 cm³/mol. The van der Waals surface area contributed by atoms with Crippen molar-refractivity contribution in [3.63, 3.8) is 0 Å². The number of rotatable bonds is 5. The maximum absolute atomic E-state index is 12.3. The monoisotopic (exact) mass is 346 g/mol. The van der Waals surface area contributed by atoms with Gasteiger partial charge in [0.1, 0.15) is 6.54 Å². The number of aryl methyl sites for hydroxylation is 3. The molecule has 0 aromatic heterocycles. The van der Waals surface area contributed by atoms with E-state index in [9.17, 15) is 13.2 Å². The summed E-state index contributed by atoms with van der Waals surface area (Å²) in [4.78, 5) is 12.3. The summed E-state index contributed by atoms with van der Waals surface area (Å²) in [5, 5.41) is 2.76. The number of hydrogen-bond donors (Lipinski definition) is 1. The van der Waals surface area contributed by atoms with Gasteiger partial charge in [0.15, 0.2) is 0 Å². The van der Waals surface area contributed by atoms with Crippen molar-refractivity contribution in [2.45, 2.75) is 20.8 Å². The number of carbonyl (C=O) groups is 1. The maximum Gasteiger partial charge on any atom is 0.245 e. The maximum atomic E-state index is 12.3. The highest BCUT2D eigenvalue weighted by atomic mass is 32.2. The fourth-order valence-corrected chi connectivity index (χ4v) is 3.35. The molecule has 128 valence electrons. The van der Waals surface area contributed by atoms with Crippen LogP contribution >= 0.6 is 0 Å². The minimum absolute atomic E-state index is 0.269. The van der Waals surface area contributed by atoms with Crippen molar-refractivity contribution in [2.24, 2.45) is 0 Å². The largest absolute Gasteiger partial charge is 0.324 e. The van der Waals surface area contributed by atoms with Gasteiger partial charge in [-0.1, -0.05) is 23.8 Å². The molecule has 0 bridgehead atoms. The van der Waals surface area contributed by atoms with Crippen molar-refractivity contribution in [1.29, 1.82) is 0 Å². The summed E-state index contributed by atoms with van der Waals surface area (Å²) in [6, 6.07) is 12.7. The second-order valence-corrected chi connectivity index (χ2v) is 7.94. The highest BCUT2D eigenvalue weighted by Gasteiger charge is 2.20. The van der Waals surface area contributed by atoms with E-state index in [1.165, 1.54) is 0 Å². The van der Waals surface area contributed by atoms with Crippen LogP contribution in [0.5, 0.6) is 0 Å². The van der Waals surface area contributed by atoms with Gasteiger partial charge in [-0.15, -0.1) is 0 Å². The Labute approximate surface area is 143 Å². The van der Waals surface area contributed by atoms with E-state index in [4.69, 9.17) is 0 Å². The van der Waals surface area contributed by atoms with Gasteiger partial charge in [0.25, 0.3) is 0 Å². The quantitative estimate of drug-likeness (QED) is 0.905. The van der Waals surface area contributed by atoms with Gasteiger partial charge in [-0.05, 0) is 56.2 Å². The Morgan fingerprint density at radius 2 is 1.50 bits per heavy atom. The Kier molecular flexibility index (Phi) is 5.29. The first kappa shape index (κ1) is 18.0. The molecule has 2 aromatic carbocycles. The molecule has 0 spiro atoms. The average Bonchev–Trinajstić information content (AvgIpc) is 2.43. The van der Waals surface area contributed by atoms with E-state index in [0.29, 0.717) is 11.4 Å². The predicted octanol–water partition coefficient (Wildman–Crippen LogP) is 3.02. The van der Waals surface area contributed by atoms with E-state index < -0.39 is 10.0 Å². The van der Waals surface area contributed by atoms with Gasteiger partial charge >= 0.3 is 0 Å². The summed E-state index contributed by atoms with van der Waals surface area (Å²) in [5.41, 5.74) is 4.22. The van der Waals surface area contributed by atoms with E-state index >= 15 is 0 Å². The van der Waals surface area contributed by atoms with Gasteiger partial charge in [-0.2, -0.15) is 0 Å². The number of amides is 1. The first-order valence-electron chi connectivity index (χ1n) is 7.58. The van der Waals surface area contributed by atoms with E-state index in [0.717, 1.165) is 27.3 Å². The Morgan fingerprint density at radius 1 is 0.958 bits per heavy atom. The molecular weight excluding hydrogens is 324 g/mol. The first-order valence-corrected chi connectivity index (χ1v) is 9.42. The summed E-state index contributed by atoms with van der Waals surface area (Å²) in [7, 11) is -3.56. The summed E-state index contributed by atoms with van der Waals surface area (Å²) in [6.45, 7) is 5.53. The molecule has 0 saturated carbocycles. The van der Waals surface area contributed by atoms with Crippen LogP contribution in [0.1, 0.15) is 16.7 Å². The summed E-state index contributed by atoms with van der Waals surface area (Å²) in [5.74, 6) is -0.383. The molecule has 5 nitrogen and oxygen atoms in total. The van der Waals surface area contributed by atoms with Crippen LogP contribution in [0.3, 0.4) is 0 Å². The molecule has 0 unspecified atom stereocenters. The molecule has 24 heavy (non-hydrogen) atoms. The molecule has 0 radical (unpaired) electrons. The fourth-order valence-electron chi connectivity index (χ4n) is 2.49. The first-order chi connectivity index (χ1) is 11.1. The smallest absolute Gasteiger partial charge is 0.245 e. The van der Waals surface area contributed by atoms with Crippen LogP contribution in [0.15, 0.2) is 42.5 Å². The van der Waals surface area contributed by atoms with Gasteiger partial charge in [-0.25, -0.2) is 8.42 Å². The van der Waals surface area contributed by atoms with Crippen molar-refractivity contribution in [1.82, 2.24) is 0 Å². The lowest BCUT2D eigenvalue weighted by Gasteiger charge is -2.22. The van der Waals surface area contributed by atoms with Crippen molar-refractivity contribution < 1.29 is 13.2 Å². The van der Waals surface area contributed by atoms with E-state index in [1.54, 1.807) is 12.1 Å². The van der Waals surface area contributed by atoms with Crippen LogP contribution in [0.4, 0.5) is 11.4 Å². The summed E-state index contributed by atoms with van der Waals surface area (Å²) >= 11 is 0. The normalized spacial score (nSPS) is 11.2. The van der Waals surface area contributed by atoms with E-state index in [-0.39, 0.29) is 12.5 Å². The average molecular weight is 346 g/mol. The molecular formula is C18H22N2O3S. The molecule has 1 amide bonds. The minimum atomic E-state index is -3.56. The van der Waals surface area contributed by atoms with Crippen LogP contribution in [-0.4, -0.2) is 27.1 Å². The van der Waals surface area contributed by atoms with Crippen molar-refractivity contribution in [3.05, 3.63) is 59.2 Å². The van der Waals surface area contributed by atoms with Gasteiger partial charge in [0.05, 0.1) is 11.9 Å². The molecule has 2 aromatic rings. The molecule has 0 atom stereocenters. The summed E-state index contributed by atoms with van der Waals surface area (Å²) in [6.07, 6.45) is 1.09. The van der Waals surface area contributed by atoms with E-state index in [1.807, 2.05) is 51.1 Å². The SMILES string of the molecule is Cc1ccc(N(CC(=O)Nc2cc(C)cc(C)c2)S(C)(=O)=O)cc1. The second kappa shape index (κ2) is 7.05. The van der Waals surface area contributed by atoms with Gasteiger partial charge < -0.3 is 5.32 Å². The number of nitrogens with zero attached hydrogens (tertiary/aromatic N) is 1.